The lowest BCUT2D eigenvalue weighted by molar-refractivity contribution is 0.520. The standard InChI is InChI=1S/C19H23N2O/c1-11(2)10-21-18-15(6)13(4)12(3)14(5)17(18)20-19(21)16-8-7-9-22-16/h7-8,11H,10H2,1-6H3. The van der Waals surface area contributed by atoms with Crippen molar-refractivity contribution in [3.8, 4) is 11.6 Å². The Morgan fingerprint density at radius 2 is 1.77 bits per heavy atom. The van der Waals surface area contributed by atoms with Gasteiger partial charge in [0.05, 0.1) is 11.0 Å². The van der Waals surface area contributed by atoms with E-state index in [0.717, 1.165) is 23.6 Å². The number of aromatic nitrogens is 2. The number of benzene rings is 1. The van der Waals surface area contributed by atoms with Crippen LogP contribution in [0.1, 0.15) is 36.1 Å². The van der Waals surface area contributed by atoms with Crippen LogP contribution in [-0.2, 0) is 6.54 Å². The number of furan rings is 1. The molecule has 22 heavy (non-hydrogen) atoms. The largest absolute Gasteiger partial charge is 0.450 e. The maximum Gasteiger partial charge on any atom is 0.177 e. The first kappa shape index (κ1) is 14.9. The number of imidazole rings is 1. The Morgan fingerprint density at radius 1 is 1.09 bits per heavy atom. The Bertz CT molecular complexity index is 823. The van der Waals surface area contributed by atoms with Gasteiger partial charge in [-0.3, -0.25) is 0 Å². The van der Waals surface area contributed by atoms with Crippen LogP contribution in [0.15, 0.2) is 16.5 Å². The molecule has 0 bridgehead atoms. The molecule has 0 fully saturated rings. The first-order valence-electron chi connectivity index (χ1n) is 7.84. The highest BCUT2D eigenvalue weighted by atomic mass is 16.3. The highest BCUT2D eigenvalue weighted by Gasteiger charge is 2.20. The van der Waals surface area contributed by atoms with Crippen molar-refractivity contribution in [3.63, 3.8) is 0 Å². The van der Waals surface area contributed by atoms with Crippen LogP contribution in [0, 0.1) is 39.9 Å². The van der Waals surface area contributed by atoms with Crippen LogP contribution in [0.2, 0.25) is 0 Å². The van der Waals surface area contributed by atoms with Crippen molar-refractivity contribution in [2.75, 3.05) is 0 Å². The molecular formula is C19H23N2O. The number of nitrogens with zero attached hydrogens (tertiary/aromatic N) is 2. The monoisotopic (exact) mass is 295 g/mol. The van der Waals surface area contributed by atoms with Crippen LogP contribution >= 0.6 is 0 Å². The molecule has 2 heterocycles. The Hall–Kier alpha value is -2.03. The van der Waals surface area contributed by atoms with Gasteiger partial charge in [0.1, 0.15) is 0 Å². The maximum absolute atomic E-state index is 5.50. The molecule has 3 aromatic rings. The van der Waals surface area contributed by atoms with Gasteiger partial charge in [0.25, 0.3) is 0 Å². The lowest BCUT2D eigenvalue weighted by Gasteiger charge is -2.15. The SMILES string of the molecule is Cc1c(C)c(C)c2c(nc(-c3cc[c]o3)n2CC(C)C)c1C. The molecule has 3 heteroatoms. The van der Waals surface area contributed by atoms with Crippen molar-refractivity contribution >= 4 is 11.0 Å². The van der Waals surface area contributed by atoms with Crippen LogP contribution in [0.4, 0.5) is 0 Å². The van der Waals surface area contributed by atoms with Gasteiger partial charge in [-0.25, -0.2) is 4.98 Å². The number of hydrogen-bond acceptors (Lipinski definition) is 2. The highest BCUT2D eigenvalue weighted by Crippen LogP contribution is 2.33. The van der Waals surface area contributed by atoms with E-state index in [1.54, 1.807) is 6.07 Å². The molecule has 3 nitrogen and oxygen atoms in total. The lowest BCUT2D eigenvalue weighted by Crippen LogP contribution is -2.07. The van der Waals surface area contributed by atoms with E-state index in [0.29, 0.717) is 5.92 Å². The predicted molar refractivity (Wildman–Crippen MR) is 90.1 cm³/mol. The smallest absolute Gasteiger partial charge is 0.177 e. The summed E-state index contributed by atoms with van der Waals surface area (Å²) in [5.41, 5.74) is 7.59. The van der Waals surface area contributed by atoms with E-state index in [1.807, 2.05) is 6.07 Å². The second-order valence-electron chi connectivity index (χ2n) is 6.55. The molecule has 0 spiro atoms. The maximum atomic E-state index is 5.50. The molecule has 3 rings (SSSR count). The summed E-state index contributed by atoms with van der Waals surface area (Å²) < 4.78 is 7.81. The number of fused-ring (bicyclic) bond motifs is 1. The fourth-order valence-corrected chi connectivity index (χ4v) is 3.10. The first-order valence-corrected chi connectivity index (χ1v) is 7.84. The van der Waals surface area contributed by atoms with E-state index in [1.165, 1.54) is 27.8 Å². The molecule has 0 N–H and O–H groups in total. The molecule has 0 aliphatic carbocycles. The van der Waals surface area contributed by atoms with Gasteiger partial charge < -0.3 is 8.98 Å². The van der Waals surface area contributed by atoms with Crippen LogP contribution in [-0.4, -0.2) is 9.55 Å². The minimum absolute atomic E-state index is 0.538. The summed E-state index contributed by atoms with van der Waals surface area (Å²) in [6.07, 6.45) is 2.78. The third-order valence-corrected chi connectivity index (χ3v) is 4.61. The van der Waals surface area contributed by atoms with Crippen LogP contribution in [0.5, 0.6) is 0 Å². The van der Waals surface area contributed by atoms with Gasteiger partial charge >= 0.3 is 0 Å². The molecule has 1 aromatic carbocycles. The molecule has 0 saturated heterocycles. The molecule has 1 radical (unpaired) electrons. The molecular weight excluding hydrogens is 272 g/mol. The van der Waals surface area contributed by atoms with Crippen molar-refractivity contribution in [1.82, 2.24) is 9.55 Å². The molecule has 0 saturated carbocycles. The first-order chi connectivity index (χ1) is 10.4. The van der Waals surface area contributed by atoms with Gasteiger partial charge in [0.2, 0.25) is 0 Å². The zero-order chi connectivity index (χ0) is 16.0. The fraction of sp³-hybridized carbons (Fsp3) is 0.421. The number of hydrogen-bond donors (Lipinski definition) is 0. The quantitative estimate of drug-likeness (QED) is 0.682. The molecule has 115 valence electrons. The third-order valence-electron chi connectivity index (χ3n) is 4.61. The average molecular weight is 295 g/mol. The summed E-state index contributed by atoms with van der Waals surface area (Å²) in [7, 11) is 0. The summed E-state index contributed by atoms with van der Waals surface area (Å²) in [6, 6.07) is 3.73. The second kappa shape index (κ2) is 5.31. The Balaban J connectivity index is 2.42. The van der Waals surface area contributed by atoms with Crippen molar-refractivity contribution in [2.24, 2.45) is 5.92 Å². The van der Waals surface area contributed by atoms with E-state index in [4.69, 9.17) is 9.40 Å². The van der Waals surface area contributed by atoms with Gasteiger partial charge in [-0.05, 0) is 68.0 Å². The minimum Gasteiger partial charge on any atom is -0.450 e. The second-order valence-corrected chi connectivity index (χ2v) is 6.55. The van der Waals surface area contributed by atoms with Gasteiger partial charge in [-0.1, -0.05) is 13.8 Å². The Morgan fingerprint density at radius 3 is 2.36 bits per heavy atom. The van der Waals surface area contributed by atoms with E-state index in [9.17, 15) is 0 Å². The zero-order valence-electron chi connectivity index (χ0n) is 14.2. The van der Waals surface area contributed by atoms with Gasteiger partial charge in [-0.15, -0.1) is 0 Å². The summed E-state index contributed by atoms with van der Waals surface area (Å²) in [5, 5.41) is 0. The van der Waals surface area contributed by atoms with Crippen molar-refractivity contribution < 1.29 is 4.42 Å². The highest BCUT2D eigenvalue weighted by molar-refractivity contribution is 5.88. The Kier molecular flexibility index (Phi) is 3.59. The summed E-state index contributed by atoms with van der Waals surface area (Å²) in [4.78, 5) is 4.92. The van der Waals surface area contributed by atoms with Crippen LogP contribution in [0.3, 0.4) is 0 Å². The molecule has 0 aliphatic rings. The van der Waals surface area contributed by atoms with Gasteiger partial charge in [0.15, 0.2) is 17.8 Å². The number of rotatable bonds is 3. The molecule has 0 unspecified atom stereocenters. The van der Waals surface area contributed by atoms with Gasteiger partial charge in [0, 0.05) is 6.54 Å². The van der Waals surface area contributed by atoms with Crippen LogP contribution < -0.4 is 0 Å². The van der Waals surface area contributed by atoms with Gasteiger partial charge in [-0.2, -0.15) is 0 Å². The zero-order valence-corrected chi connectivity index (χ0v) is 14.2. The summed E-state index contributed by atoms with van der Waals surface area (Å²) in [5.74, 6) is 2.23. The van der Waals surface area contributed by atoms with E-state index in [-0.39, 0.29) is 0 Å². The molecule has 0 aliphatic heterocycles. The predicted octanol–water partition coefficient (Wildman–Crippen LogP) is 4.99. The van der Waals surface area contributed by atoms with E-state index < -0.39 is 0 Å². The molecule has 2 aromatic heterocycles. The van der Waals surface area contributed by atoms with E-state index in [2.05, 4.69) is 52.4 Å². The molecule has 0 atom stereocenters. The topological polar surface area (TPSA) is 31.0 Å². The summed E-state index contributed by atoms with van der Waals surface area (Å²) in [6.45, 7) is 14.1. The molecule has 0 amide bonds. The van der Waals surface area contributed by atoms with Crippen LogP contribution in [0.25, 0.3) is 22.6 Å². The van der Waals surface area contributed by atoms with E-state index >= 15 is 0 Å². The van der Waals surface area contributed by atoms with Crippen molar-refractivity contribution in [2.45, 2.75) is 48.1 Å². The summed E-state index contributed by atoms with van der Waals surface area (Å²) >= 11 is 0. The Labute approximate surface area is 132 Å². The average Bonchev–Trinajstić information content (AvgIpc) is 3.10. The minimum atomic E-state index is 0.538. The third kappa shape index (κ3) is 2.16. The number of aryl methyl sites for hydroxylation is 2. The fourth-order valence-electron chi connectivity index (χ4n) is 3.10. The van der Waals surface area contributed by atoms with Crippen molar-refractivity contribution in [3.05, 3.63) is 40.6 Å². The lowest BCUT2D eigenvalue weighted by atomic mass is 9.97. The van der Waals surface area contributed by atoms with Crippen molar-refractivity contribution in [1.29, 1.82) is 0 Å². The normalized spacial score (nSPS) is 11.8.